The van der Waals surface area contributed by atoms with E-state index in [9.17, 15) is 28.1 Å². The molecule has 1 atom stereocenters. The number of hydrogen-bond donors (Lipinski definition) is 2. The number of carbonyl (C=O) groups is 2. The zero-order valence-electron chi connectivity index (χ0n) is 17.7. The maximum absolute atomic E-state index is 12.9. The fourth-order valence-electron chi connectivity index (χ4n) is 3.50. The molecule has 33 heavy (non-hydrogen) atoms. The first kappa shape index (κ1) is 23.9. The molecule has 1 heterocycles. The highest BCUT2D eigenvalue weighted by Crippen LogP contribution is 2.35. The molecule has 1 aliphatic heterocycles. The minimum Gasteiger partial charge on any atom is -0.481 e. The molecule has 0 fully saturated rings. The van der Waals surface area contributed by atoms with Crippen LogP contribution in [0.3, 0.4) is 0 Å². The van der Waals surface area contributed by atoms with Gasteiger partial charge in [0, 0.05) is 37.1 Å². The van der Waals surface area contributed by atoms with Gasteiger partial charge in [0.1, 0.15) is 0 Å². The highest BCUT2D eigenvalue weighted by atomic mass is 32.2. The molecular formula is C21H22N4O7S. The maximum Gasteiger partial charge on any atom is 0.303 e. The third-order valence-electron chi connectivity index (χ3n) is 4.91. The molecule has 0 unspecified atom stereocenters. The number of aliphatic carboxylic acids is 1. The zero-order valence-corrected chi connectivity index (χ0v) is 18.5. The minimum absolute atomic E-state index is 0.0514. The second-order valence-electron chi connectivity index (χ2n) is 7.56. The van der Waals surface area contributed by atoms with Gasteiger partial charge in [-0.1, -0.05) is 24.3 Å². The molecule has 3 rings (SSSR count). The largest absolute Gasteiger partial charge is 0.481 e. The van der Waals surface area contributed by atoms with Crippen LogP contribution in [-0.2, 0) is 19.6 Å². The predicted octanol–water partition coefficient (Wildman–Crippen LogP) is 2.90. The van der Waals surface area contributed by atoms with Gasteiger partial charge in [0.15, 0.2) is 0 Å². The number of amides is 1. The van der Waals surface area contributed by atoms with Crippen molar-refractivity contribution in [3.8, 4) is 0 Å². The summed E-state index contributed by atoms with van der Waals surface area (Å²) < 4.78 is 25.5. The average molecular weight is 474 g/mol. The van der Waals surface area contributed by atoms with Gasteiger partial charge in [-0.2, -0.15) is 5.10 Å². The number of nitrogens with zero attached hydrogens (tertiary/aromatic N) is 3. The van der Waals surface area contributed by atoms with Gasteiger partial charge in [-0.25, -0.2) is 13.4 Å². The van der Waals surface area contributed by atoms with Gasteiger partial charge < -0.3 is 5.11 Å². The number of rotatable bonds is 9. The number of carboxylic acids is 1. The molecular weight excluding hydrogens is 452 g/mol. The summed E-state index contributed by atoms with van der Waals surface area (Å²) >= 11 is 0. The summed E-state index contributed by atoms with van der Waals surface area (Å²) in [6, 6.07) is 11.8. The number of anilines is 1. The van der Waals surface area contributed by atoms with Crippen LogP contribution in [0.2, 0.25) is 0 Å². The Morgan fingerprint density at radius 3 is 2.61 bits per heavy atom. The van der Waals surface area contributed by atoms with Crippen LogP contribution in [-0.4, -0.2) is 47.3 Å². The van der Waals surface area contributed by atoms with Gasteiger partial charge in [0.25, 0.3) is 5.69 Å². The fourth-order valence-corrected chi connectivity index (χ4v) is 4.06. The van der Waals surface area contributed by atoms with Crippen molar-refractivity contribution in [1.82, 2.24) is 5.01 Å². The number of hydrazone groups is 1. The van der Waals surface area contributed by atoms with Crippen molar-refractivity contribution >= 4 is 39.0 Å². The summed E-state index contributed by atoms with van der Waals surface area (Å²) in [5.41, 5.74) is 1.80. The quantitative estimate of drug-likeness (QED) is 0.417. The number of benzene rings is 2. The zero-order chi connectivity index (χ0) is 24.2. The average Bonchev–Trinajstić information content (AvgIpc) is 3.18. The highest BCUT2D eigenvalue weighted by Gasteiger charge is 2.33. The van der Waals surface area contributed by atoms with E-state index in [1.165, 1.54) is 23.2 Å². The van der Waals surface area contributed by atoms with E-state index in [2.05, 4.69) is 9.82 Å². The maximum atomic E-state index is 12.9. The van der Waals surface area contributed by atoms with E-state index < -0.39 is 32.9 Å². The number of carboxylic acid groups (broad SMARTS) is 1. The van der Waals surface area contributed by atoms with Crippen molar-refractivity contribution in [1.29, 1.82) is 0 Å². The summed E-state index contributed by atoms with van der Waals surface area (Å²) in [5, 5.41) is 25.7. The van der Waals surface area contributed by atoms with Crippen LogP contribution in [0.1, 0.15) is 42.9 Å². The molecule has 2 aromatic rings. The Labute approximate surface area is 189 Å². The van der Waals surface area contributed by atoms with E-state index in [0.29, 0.717) is 22.5 Å². The van der Waals surface area contributed by atoms with Gasteiger partial charge in [0.05, 0.1) is 22.9 Å². The molecule has 12 heteroatoms. The monoisotopic (exact) mass is 474 g/mol. The van der Waals surface area contributed by atoms with E-state index in [1.54, 1.807) is 30.3 Å². The number of carbonyl (C=O) groups excluding carboxylic acids is 1. The van der Waals surface area contributed by atoms with Crippen LogP contribution in [0.25, 0.3) is 0 Å². The number of nitro benzene ring substituents is 1. The Morgan fingerprint density at radius 2 is 1.94 bits per heavy atom. The summed E-state index contributed by atoms with van der Waals surface area (Å²) in [4.78, 5) is 34.3. The number of nitrogens with one attached hydrogen (secondary N) is 1. The van der Waals surface area contributed by atoms with E-state index in [4.69, 9.17) is 5.11 Å². The second-order valence-corrected chi connectivity index (χ2v) is 9.31. The molecule has 0 aromatic heterocycles. The van der Waals surface area contributed by atoms with Crippen molar-refractivity contribution in [3.05, 3.63) is 69.8 Å². The van der Waals surface area contributed by atoms with Gasteiger partial charge in [-0.15, -0.1) is 0 Å². The molecule has 174 valence electrons. The summed E-state index contributed by atoms with van der Waals surface area (Å²) in [7, 11) is -3.49. The third-order valence-corrected chi connectivity index (χ3v) is 5.52. The van der Waals surface area contributed by atoms with Crippen molar-refractivity contribution in [2.24, 2.45) is 5.10 Å². The van der Waals surface area contributed by atoms with E-state index in [1.807, 2.05) is 0 Å². The highest BCUT2D eigenvalue weighted by molar-refractivity contribution is 7.92. The van der Waals surface area contributed by atoms with Gasteiger partial charge in [-0.05, 0) is 29.7 Å². The van der Waals surface area contributed by atoms with Crippen LogP contribution in [0.5, 0.6) is 0 Å². The molecule has 0 radical (unpaired) electrons. The Hall–Kier alpha value is -3.80. The Morgan fingerprint density at radius 1 is 1.21 bits per heavy atom. The summed E-state index contributed by atoms with van der Waals surface area (Å²) in [5.74, 6) is -1.42. The first-order valence-corrected chi connectivity index (χ1v) is 11.9. The minimum atomic E-state index is -3.49. The summed E-state index contributed by atoms with van der Waals surface area (Å²) in [6.07, 6.45) is 1.18. The molecule has 0 saturated carbocycles. The van der Waals surface area contributed by atoms with Gasteiger partial charge in [0.2, 0.25) is 15.9 Å². The van der Waals surface area contributed by atoms with Crippen molar-refractivity contribution in [2.75, 3.05) is 11.0 Å². The molecule has 0 bridgehead atoms. The van der Waals surface area contributed by atoms with E-state index >= 15 is 0 Å². The standard InChI is InChI=1S/C21H22N4O7S/c1-33(31,32)23-16-7-2-5-14(11-16)18-13-19(15-6-3-8-17(12-15)25(29)30)24(22-18)20(26)9-4-10-21(27)28/h2-3,5-8,11-12,19,23H,4,9-10,13H2,1H3,(H,27,28)/t19-/m1/s1. The number of nitro groups is 1. The molecule has 2 aromatic carbocycles. The van der Waals surface area contributed by atoms with Crippen LogP contribution < -0.4 is 4.72 Å². The molecule has 0 spiro atoms. The molecule has 0 saturated heterocycles. The van der Waals surface area contributed by atoms with Gasteiger partial charge in [-0.3, -0.25) is 24.4 Å². The lowest BCUT2D eigenvalue weighted by Gasteiger charge is -2.22. The van der Waals surface area contributed by atoms with Crippen LogP contribution >= 0.6 is 0 Å². The second kappa shape index (κ2) is 9.77. The van der Waals surface area contributed by atoms with E-state index in [-0.39, 0.29) is 31.4 Å². The topological polar surface area (TPSA) is 159 Å². The predicted molar refractivity (Wildman–Crippen MR) is 120 cm³/mol. The number of hydrogen-bond acceptors (Lipinski definition) is 7. The Balaban J connectivity index is 1.93. The van der Waals surface area contributed by atoms with Gasteiger partial charge >= 0.3 is 5.97 Å². The Kier molecular flexibility index (Phi) is 7.07. The Bertz CT molecular complexity index is 1230. The number of sulfonamides is 1. The van der Waals surface area contributed by atoms with Crippen molar-refractivity contribution in [3.63, 3.8) is 0 Å². The third kappa shape index (κ3) is 6.35. The smallest absolute Gasteiger partial charge is 0.303 e. The van der Waals surface area contributed by atoms with Crippen LogP contribution in [0.15, 0.2) is 53.6 Å². The molecule has 1 aliphatic rings. The van der Waals surface area contributed by atoms with E-state index in [0.717, 1.165) is 6.26 Å². The van der Waals surface area contributed by atoms with Crippen LogP contribution in [0.4, 0.5) is 11.4 Å². The molecule has 0 aliphatic carbocycles. The lowest BCUT2D eigenvalue weighted by molar-refractivity contribution is -0.385. The SMILES string of the molecule is CS(=O)(=O)Nc1cccc(C2=NN(C(=O)CCCC(=O)O)[C@@H](c3cccc([N+](=O)[O-])c3)C2)c1. The lowest BCUT2D eigenvalue weighted by Crippen LogP contribution is -2.27. The van der Waals surface area contributed by atoms with Crippen molar-refractivity contribution in [2.45, 2.75) is 31.7 Å². The lowest BCUT2D eigenvalue weighted by atomic mass is 9.97. The molecule has 2 N–H and O–H groups in total. The fraction of sp³-hybridized carbons (Fsp3) is 0.286. The first-order chi connectivity index (χ1) is 15.5. The molecule has 11 nitrogen and oxygen atoms in total. The van der Waals surface area contributed by atoms with Crippen molar-refractivity contribution < 1.29 is 28.0 Å². The first-order valence-electron chi connectivity index (χ1n) is 9.97. The summed E-state index contributed by atoms with van der Waals surface area (Å²) in [6.45, 7) is 0. The number of non-ortho nitro benzene ring substituents is 1. The normalized spacial score (nSPS) is 15.7. The van der Waals surface area contributed by atoms with Crippen LogP contribution in [0, 0.1) is 10.1 Å². The molecule has 1 amide bonds.